The van der Waals surface area contributed by atoms with Gasteiger partial charge in [0.15, 0.2) is 0 Å². The summed E-state index contributed by atoms with van der Waals surface area (Å²) in [6, 6.07) is 17.8. The minimum Gasteiger partial charge on any atom is -0.497 e. The van der Waals surface area contributed by atoms with E-state index in [-0.39, 0.29) is 17.9 Å². The van der Waals surface area contributed by atoms with Crippen LogP contribution in [0, 0.1) is 0 Å². The van der Waals surface area contributed by atoms with Crippen LogP contribution in [0.2, 0.25) is 0 Å². The molecule has 2 heterocycles. The average Bonchev–Trinajstić information content (AvgIpc) is 2.83. The number of carbonyl (C=O) groups excluding carboxylic acids is 1. The van der Waals surface area contributed by atoms with Crippen molar-refractivity contribution in [2.24, 2.45) is 0 Å². The number of hydrogen-bond donors (Lipinski definition) is 1. The summed E-state index contributed by atoms with van der Waals surface area (Å²) in [6.07, 6.45) is 5.89. The van der Waals surface area contributed by atoms with Crippen LogP contribution < -0.4 is 10.5 Å². The summed E-state index contributed by atoms with van der Waals surface area (Å²) in [5.41, 5.74) is 9.81. The SMILES string of the molecule is COc1cccc(-c2cnc(N)nc2[C@H]2CCCCN2C(=O)CCc2ccccc2)c1. The van der Waals surface area contributed by atoms with Crippen LogP contribution in [0.1, 0.15) is 43.0 Å². The van der Waals surface area contributed by atoms with Crippen LogP contribution in [-0.4, -0.2) is 34.4 Å². The number of likely N-dealkylation sites (tertiary alicyclic amines) is 1. The van der Waals surface area contributed by atoms with Gasteiger partial charge in [-0.15, -0.1) is 0 Å². The van der Waals surface area contributed by atoms with Crippen molar-refractivity contribution in [3.63, 3.8) is 0 Å². The van der Waals surface area contributed by atoms with Gasteiger partial charge in [-0.1, -0.05) is 42.5 Å². The molecular formula is C25H28N4O2. The van der Waals surface area contributed by atoms with Gasteiger partial charge in [0.25, 0.3) is 0 Å². The number of hydrogen-bond acceptors (Lipinski definition) is 5. The molecule has 1 saturated heterocycles. The van der Waals surface area contributed by atoms with E-state index in [0.29, 0.717) is 6.42 Å². The Hall–Kier alpha value is -3.41. The van der Waals surface area contributed by atoms with E-state index in [4.69, 9.17) is 10.5 Å². The first-order chi connectivity index (χ1) is 15.2. The third-order valence-electron chi connectivity index (χ3n) is 5.83. The highest BCUT2D eigenvalue weighted by molar-refractivity contribution is 5.78. The number of nitrogens with two attached hydrogens (primary N) is 1. The van der Waals surface area contributed by atoms with E-state index in [0.717, 1.165) is 54.8 Å². The normalized spacial score (nSPS) is 16.2. The molecule has 4 rings (SSSR count). The predicted octanol–water partition coefficient (Wildman–Crippen LogP) is 4.42. The molecule has 0 radical (unpaired) electrons. The van der Waals surface area contributed by atoms with Crippen LogP contribution in [0.4, 0.5) is 5.95 Å². The van der Waals surface area contributed by atoms with Crippen molar-refractivity contribution < 1.29 is 9.53 Å². The minimum atomic E-state index is -0.108. The van der Waals surface area contributed by atoms with Crippen molar-refractivity contribution in [3.8, 4) is 16.9 Å². The van der Waals surface area contributed by atoms with Crippen LogP contribution in [0.25, 0.3) is 11.1 Å². The molecular weight excluding hydrogens is 388 g/mol. The summed E-state index contributed by atoms with van der Waals surface area (Å²) in [5.74, 6) is 1.14. The zero-order chi connectivity index (χ0) is 21.6. The highest BCUT2D eigenvalue weighted by Crippen LogP contribution is 2.37. The largest absolute Gasteiger partial charge is 0.497 e. The number of methoxy groups -OCH3 is 1. The third-order valence-corrected chi connectivity index (χ3v) is 5.83. The molecule has 0 bridgehead atoms. The van der Waals surface area contributed by atoms with E-state index in [1.54, 1.807) is 13.3 Å². The fraction of sp³-hybridized carbons (Fsp3) is 0.320. The smallest absolute Gasteiger partial charge is 0.223 e. The zero-order valence-electron chi connectivity index (χ0n) is 17.8. The maximum absolute atomic E-state index is 13.2. The van der Waals surface area contributed by atoms with Gasteiger partial charge in [-0.2, -0.15) is 0 Å². The Bertz CT molecular complexity index is 1040. The second-order valence-electron chi connectivity index (χ2n) is 7.84. The number of aryl methyl sites for hydroxylation is 1. The molecule has 6 nitrogen and oxygen atoms in total. The maximum Gasteiger partial charge on any atom is 0.223 e. The van der Waals surface area contributed by atoms with Gasteiger partial charge in [0.05, 0.1) is 18.8 Å². The Labute approximate surface area is 183 Å². The van der Waals surface area contributed by atoms with Crippen LogP contribution in [0.3, 0.4) is 0 Å². The Kier molecular flexibility index (Phi) is 6.46. The highest BCUT2D eigenvalue weighted by Gasteiger charge is 2.31. The molecule has 3 aromatic rings. The monoisotopic (exact) mass is 416 g/mol. The number of anilines is 1. The molecule has 0 spiro atoms. The number of nitrogen functional groups attached to an aromatic ring is 1. The summed E-state index contributed by atoms with van der Waals surface area (Å²) in [5, 5.41) is 0. The lowest BCUT2D eigenvalue weighted by atomic mass is 9.93. The number of nitrogens with zero attached hydrogens (tertiary/aromatic N) is 3. The molecule has 0 aliphatic carbocycles. The number of carbonyl (C=O) groups is 1. The van der Waals surface area contributed by atoms with Crippen molar-refractivity contribution in [3.05, 3.63) is 72.1 Å². The Morgan fingerprint density at radius 3 is 2.81 bits per heavy atom. The van der Waals surface area contributed by atoms with E-state index in [1.807, 2.05) is 47.4 Å². The van der Waals surface area contributed by atoms with E-state index >= 15 is 0 Å². The van der Waals surface area contributed by atoms with Gasteiger partial charge >= 0.3 is 0 Å². The van der Waals surface area contributed by atoms with Crippen LogP contribution in [0.15, 0.2) is 60.8 Å². The molecule has 160 valence electrons. The molecule has 1 fully saturated rings. The topological polar surface area (TPSA) is 81.3 Å². The first-order valence-electron chi connectivity index (χ1n) is 10.8. The van der Waals surface area contributed by atoms with E-state index in [9.17, 15) is 4.79 Å². The summed E-state index contributed by atoms with van der Waals surface area (Å²) in [4.78, 5) is 24.0. The molecule has 1 aliphatic heterocycles. The van der Waals surface area contributed by atoms with Gasteiger partial charge in [-0.3, -0.25) is 4.79 Å². The Morgan fingerprint density at radius 1 is 1.16 bits per heavy atom. The third kappa shape index (κ3) is 4.85. The second-order valence-corrected chi connectivity index (χ2v) is 7.84. The van der Waals surface area contributed by atoms with Gasteiger partial charge in [0, 0.05) is 24.7 Å². The summed E-state index contributed by atoms with van der Waals surface area (Å²) < 4.78 is 5.39. The number of benzene rings is 2. The van der Waals surface area contributed by atoms with Gasteiger partial charge < -0.3 is 15.4 Å². The second kappa shape index (κ2) is 9.60. The maximum atomic E-state index is 13.2. The summed E-state index contributed by atoms with van der Waals surface area (Å²) in [7, 11) is 1.65. The van der Waals surface area contributed by atoms with Gasteiger partial charge in [-0.05, 0) is 48.9 Å². The lowest BCUT2D eigenvalue weighted by molar-refractivity contribution is -0.135. The molecule has 31 heavy (non-hydrogen) atoms. The highest BCUT2D eigenvalue weighted by atomic mass is 16.5. The van der Waals surface area contributed by atoms with Crippen molar-refractivity contribution in [2.75, 3.05) is 19.4 Å². The standard InChI is InChI=1S/C25H28N4O2/c1-31-20-11-7-10-19(16-20)21-17-27-25(26)28-24(21)22-12-5-6-15-29(22)23(30)14-13-18-8-3-2-4-9-18/h2-4,7-11,16-17,22H,5-6,12-15H2,1H3,(H2,26,27,28)/t22-/m1/s1. The average molecular weight is 417 g/mol. The van der Waals surface area contributed by atoms with E-state index in [1.165, 1.54) is 5.56 Å². The Balaban J connectivity index is 1.63. The molecule has 1 amide bonds. The number of aromatic nitrogens is 2. The lowest BCUT2D eigenvalue weighted by Gasteiger charge is -2.36. The minimum absolute atomic E-state index is 0.108. The molecule has 2 aromatic carbocycles. The van der Waals surface area contributed by atoms with Crippen LogP contribution in [-0.2, 0) is 11.2 Å². The first-order valence-corrected chi connectivity index (χ1v) is 10.8. The van der Waals surface area contributed by atoms with Crippen molar-refractivity contribution in [1.82, 2.24) is 14.9 Å². The van der Waals surface area contributed by atoms with Crippen molar-refractivity contribution >= 4 is 11.9 Å². The molecule has 2 N–H and O–H groups in total. The fourth-order valence-electron chi connectivity index (χ4n) is 4.23. The molecule has 0 saturated carbocycles. The van der Waals surface area contributed by atoms with E-state index in [2.05, 4.69) is 22.1 Å². The molecule has 1 aromatic heterocycles. The molecule has 1 aliphatic rings. The fourth-order valence-corrected chi connectivity index (χ4v) is 4.23. The lowest BCUT2D eigenvalue weighted by Crippen LogP contribution is -2.39. The van der Waals surface area contributed by atoms with Crippen molar-refractivity contribution in [1.29, 1.82) is 0 Å². The number of amides is 1. The molecule has 1 atom stereocenters. The predicted molar refractivity (Wildman–Crippen MR) is 122 cm³/mol. The zero-order valence-corrected chi connectivity index (χ0v) is 17.8. The Morgan fingerprint density at radius 2 is 2.00 bits per heavy atom. The number of piperidine rings is 1. The summed E-state index contributed by atoms with van der Waals surface area (Å²) >= 11 is 0. The van der Waals surface area contributed by atoms with Crippen molar-refractivity contribution in [2.45, 2.75) is 38.1 Å². The molecule has 6 heteroatoms. The first kappa shape index (κ1) is 20.8. The number of rotatable bonds is 6. The van der Waals surface area contributed by atoms with Crippen LogP contribution in [0.5, 0.6) is 5.75 Å². The quantitative estimate of drug-likeness (QED) is 0.643. The van der Waals surface area contributed by atoms with E-state index < -0.39 is 0 Å². The summed E-state index contributed by atoms with van der Waals surface area (Å²) in [6.45, 7) is 0.736. The molecule has 0 unspecified atom stereocenters. The number of ether oxygens (including phenoxy) is 1. The van der Waals surface area contributed by atoms with Gasteiger partial charge in [-0.25, -0.2) is 9.97 Å². The van der Waals surface area contributed by atoms with Gasteiger partial charge in [0.1, 0.15) is 5.75 Å². The van der Waals surface area contributed by atoms with Crippen LogP contribution >= 0.6 is 0 Å². The van der Waals surface area contributed by atoms with Gasteiger partial charge in [0.2, 0.25) is 11.9 Å².